The first-order valence-electron chi connectivity index (χ1n) is 4.62. The van der Waals surface area contributed by atoms with E-state index in [9.17, 15) is 0 Å². The first-order valence-corrected chi connectivity index (χ1v) is 5.50. The molecule has 1 atom stereocenters. The van der Waals surface area contributed by atoms with Crippen molar-refractivity contribution < 1.29 is 0 Å². The Bertz CT molecular complexity index is 194. The predicted octanol–water partition coefficient (Wildman–Crippen LogP) is 2.98. The molecule has 2 heteroatoms. The van der Waals surface area contributed by atoms with E-state index in [1.807, 2.05) is 11.3 Å². The van der Waals surface area contributed by atoms with Crippen LogP contribution in [0.5, 0.6) is 0 Å². The van der Waals surface area contributed by atoms with Crippen LogP contribution >= 0.6 is 11.3 Å². The van der Waals surface area contributed by atoms with Gasteiger partial charge in [-0.15, -0.1) is 11.3 Å². The normalized spacial score (nSPS) is 13.2. The predicted molar refractivity (Wildman–Crippen MR) is 55.6 cm³/mol. The molecule has 0 bridgehead atoms. The van der Waals surface area contributed by atoms with E-state index < -0.39 is 0 Å². The lowest BCUT2D eigenvalue weighted by Gasteiger charge is -2.11. The number of thiophene rings is 1. The summed E-state index contributed by atoms with van der Waals surface area (Å²) >= 11 is 1.83. The highest BCUT2D eigenvalue weighted by molar-refractivity contribution is 7.10. The van der Waals surface area contributed by atoms with Gasteiger partial charge in [-0.1, -0.05) is 25.8 Å². The molecule has 0 aromatic carbocycles. The van der Waals surface area contributed by atoms with Gasteiger partial charge in [-0.3, -0.25) is 0 Å². The maximum Gasteiger partial charge on any atom is 0.00887 e. The van der Waals surface area contributed by atoms with Gasteiger partial charge < -0.3 is 5.73 Å². The van der Waals surface area contributed by atoms with Crippen LogP contribution in [0.25, 0.3) is 0 Å². The van der Waals surface area contributed by atoms with Crippen LogP contribution in [-0.2, 0) is 0 Å². The molecule has 0 aliphatic carbocycles. The molecule has 0 aliphatic rings. The zero-order valence-electron chi connectivity index (χ0n) is 7.62. The van der Waals surface area contributed by atoms with Crippen LogP contribution < -0.4 is 5.73 Å². The fraction of sp³-hybridized carbons (Fsp3) is 0.600. The van der Waals surface area contributed by atoms with Gasteiger partial charge in [-0.05, 0) is 24.4 Å². The van der Waals surface area contributed by atoms with Gasteiger partial charge in [0.1, 0.15) is 0 Å². The van der Waals surface area contributed by atoms with E-state index in [-0.39, 0.29) is 0 Å². The second-order valence-electron chi connectivity index (χ2n) is 3.09. The summed E-state index contributed by atoms with van der Waals surface area (Å²) in [5, 5.41) is 2.13. The average molecular weight is 183 g/mol. The molecule has 0 radical (unpaired) electrons. The molecular formula is C10H17NS. The lowest BCUT2D eigenvalue weighted by Crippen LogP contribution is -2.11. The molecule has 12 heavy (non-hydrogen) atoms. The van der Waals surface area contributed by atoms with Crippen molar-refractivity contribution in [1.82, 2.24) is 0 Å². The zero-order chi connectivity index (χ0) is 8.81. The Balaban J connectivity index is 2.45. The zero-order valence-corrected chi connectivity index (χ0v) is 8.44. The molecule has 1 aromatic heterocycles. The molecule has 1 heterocycles. The molecular weight excluding hydrogens is 166 g/mol. The maximum atomic E-state index is 5.71. The molecule has 0 fully saturated rings. The number of unbranched alkanes of at least 4 members (excludes halogenated alkanes) is 1. The summed E-state index contributed by atoms with van der Waals surface area (Å²) in [7, 11) is 0. The van der Waals surface area contributed by atoms with Crippen LogP contribution in [0.15, 0.2) is 17.5 Å². The molecule has 0 aliphatic heterocycles. The van der Waals surface area contributed by atoms with Crippen molar-refractivity contribution in [1.29, 1.82) is 0 Å². The van der Waals surface area contributed by atoms with Crippen LogP contribution in [0.3, 0.4) is 0 Å². The van der Waals surface area contributed by atoms with Crippen LogP contribution in [0.1, 0.15) is 37.0 Å². The van der Waals surface area contributed by atoms with Crippen molar-refractivity contribution in [2.24, 2.45) is 5.73 Å². The van der Waals surface area contributed by atoms with E-state index in [0.29, 0.717) is 5.92 Å². The van der Waals surface area contributed by atoms with Crippen molar-refractivity contribution in [2.45, 2.75) is 32.1 Å². The molecule has 0 amide bonds. The minimum Gasteiger partial charge on any atom is -0.330 e. The monoisotopic (exact) mass is 183 g/mol. The van der Waals surface area contributed by atoms with Gasteiger partial charge in [-0.25, -0.2) is 0 Å². The van der Waals surface area contributed by atoms with Gasteiger partial charge in [0.05, 0.1) is 0 Å². The summed E-state index contributed by atoms with van der Waals surface area (Å²) in [6, 6.07) is 4.30. The first-order chi connectivity index (χ1) is 5.88. The van der Waals surface area contributed by atoms with Gasteiger partial charge in [-0.2, -0.15) is 0 Å². The maximum absolute atomic E-state index is 5.71. The lowest BCUT2D eigenvalue weighted by atomic mass is 10.0. The highest BCUT2D eigenvalue weighted by Gasteiger charge is 2.08. The van der Waals surface area contributed by atoms with Gasteiger partial charge in [0.25, 0.3) is 0 Å². The average Bonchev–Trinajstić information content (AvgIpc) is 2.59. The summed E-state index contributed by atoms with van der Waals surface area (Å²) in [5.41, 5.74) is 5.71. The van der Waals surface area contributed by atoms with E-state index in [4.69, 9.17) is 5.73 Å². The molecule has 1 aromatic rings. The highest BCUT2D eigenvalue weighted by atomic mass is 32.1. The molecule has 1 nitrogen and oxygen atoms in total. The van der Waals surface area contributed by atoms with Crippen molar-refractivity contribution in [3.05, 3.63) is 22.4 Å². The molecule has 0 saturated heterocycles. The van der Waals surface area contributed by atoms with Crippen LogP contribution in [0.2, 0.25) is 0 Å². The van der Waals surface area contributed by atoms with E-state index in [0.717, 1.165) is 6.54 Å². The fourth-order valence-electron chi connectivity index (χ4n) is 1.35. The number of nitrogens with two attached hydrogens (primary N) is 1. The third-order valence-electron chi connectivity index (χ3n) is 2.14. The van der Waals surface area contributed by atoms with Crippen LogP contribution in [-0.4, -0.2) is 6.54 Å². The first kappa shape index (κ1) is 9.75. The van der Waals surface area contributed by atoms with E-state index in [2.05, 4.69) is 24.4 Å². The van der Waals surface area contributed by atoms with Crippen molar-refractivity contribution in [3.8, 4) is 0 Å². The molecule has 0 saturated carbocycles. The quantitative estimate of drug-likeness (QED) is 0.746. The van der Waals surface area contributed by atoms with E-state index >= 15 is 0 Å². The minimum absolute atomic E-state index is 0.602. The second-order valence-corrected chi connectivity index (χ2v) is 4.07. The topological polar surface area (TPSA) is 26.0 Å². The van der Waals surface area contributed by atoms with Crippen molar-refractivity contribution in [3.63, 3.8) is 0 Å². The summed E-state index contributed by atoms with van der Waals surface area (Å²) in [4.78, 5) is 1.45. The lowest BCUT2D eigenvalue weighted by molar-refractivity contribution is 0.599. The SMILES string of the molecule is CCCC[C@@H](CN)c1cccs1. The Morgan fingerprint density at radius 3 is 2.92 bits per heavy atom. The van der Waals surface area contributed by atoms with Crippen LogP contribution in [0.4, 0.5) is 0 Å². The summed E-state index contributed by atoms with van der Waals surface area (Å²) in [6.45, 7) is 3.02. The van der Waals surface area contributed by atoms with E-state index in [1.165, 1.54) is 24.1 Å². The minimum atomic E-state index is 0.602. The summed E-state index contributed by atoms with van der Waals surface area (Å²) in [5.74, 6) is 0.602. The Kier molecular flexibility index (Phi) is 4.33. The number of hydrogen-bond acceptors (Lipinski definition) is 2. The van der Waals surface area contributed by atoms with Gasteiger partial charge in [0.15, 0.2) is 0 Å². The van der Waals surface area contributed by atoms with Gasteiger partial charge >= 0.3 is 0 Å². The summed E-state index contributed by atoms with van der Waals surface area (Å²) in [6.07, 6.45) is 3.80. The molecule has 0 spiro atoms. The third-order valence-corrected chi connectivity index (χ3v) is 3.17. The fourth-order valence-corrected chi connectivity index (χ4v) is 2.23. The molecule has 0 unspecified atom stereocenters. The largest absolute Gasteiger partial charge is 0.330 e. The Labute approximate surface area is 78.6 Å². The van der Waals surface area contributed by atoms with Crippen molar-refractivity contribution in [2.75, 3.05) is 6.54 Å². The molecule has 2 N–H and O–H groups in total. The molecule has 1 rings (SSSR count). The van der Waals surface area contributed by atoms with E-state index in [1.54, 1.807) is 0 Å². The second kappa shape index (κ2) is 5.33. The highest BCUT2D eigenvalue weighted by Crippen LogP contribution is 2.24. The molecule has 68 valence electrons. The Hall–Kier alpha value is -0.340. The number of rotatable bonds is 5. The van der Waals surface area contributed by atoms with Crippen molar-refractivity contribution >= 4 is 11.3 Å². The Morgan fingerprint density at radius 1 is 1.58 bits per heavy atom. The van der Waals surface area contributed by atoms with Gasteiger partial charge in [0.2, 0.25) is 0 Å². The standard InChI is InChI=1S/C10H17NS/c1-2-3-5-9(8-11)10-6-4-7-12-10/h4,6-7,9H,2-3,5,8,11H2,1H3/t9-/m0/s1. The van der Waals surface area contributed by atoms with Gasteiger partial charge in [0, 0.05) is 10.8 Å². The third kappa shape index (κ3) is 2.61. The summed E-state index contributed by atoms with van der Waals surface area (Å²) < 4.78 is 0. The smallest absolute Gasteiger partial charge is 0.00887 e. The number of hydrogen-bond donors (Lipinski definition) is 1. The Morgan fingerprint density at radius 2 is 2.42 bits per heavy atom. The van der Waals surface area contributed by atoms with Crippen LogP contribution in [0, 0.1) is 0 Å².